The summed E-state index contributed by atoms with van der Waals surface area (Å²) in [4.78, 5) is 33.8. The van der Waals surface area contributed by atoms with Crippen LogP contribution in [0.15, 0.2) is 58.3 Å². The van der Waals surface area contributed by atoms with Crippen LogP contribution >= 0.6 is 0 Å². The molecule has 0 bridgehead atoms. The lowest BCUT2D eigenvalue weighted by atomic mass is 10.0. The molecule has 0 aromatic heterocycles. The van der Waals surface area contributed by atoms with Crippen molar-refractivity contribution in [3.63, 3.8) is 0 Å². The van der Waals surface area contributed by atoms with Crippen molar-refractivity contribution in [3.05, 3.63) is 59.7 Å². The first-order valence-electron chi connectivity index (χ1n) is 11.0. The van der Waals surface area contributed by atoms with Gasteiger partial charge in [0.05, 0.1) is 29.1 Å². The van der Waals surface area contributed by atoms with Crippen LogP contribution in [-0.2, 0) is 34.3 Å². The molecule has 2 saturated heterocycles. The normalized spacial score (nSPS) is 18.7. The van der Waals surface area contributed by atoms with E-state index in [-0.39, 0.29) is 66.3 Å². The van der Waals surface area contributed by atoms with E-state index in [4.69, 9.17) is 4.74 Å². The molecule has 0 N–H and O–H groups in total. The highest BCUT2D eigenvalue weighted by Gasteiger charge is 2.51. The van der Waals surface area contributed by atoms with Crippen molar-refractivity contribution in [1.82, 2.24) is 8.61 Å². The molecular weight excluding hydrogens is 512 g/mol. The van der Waals surface area contributed by atoms with Crippen LogP contribution in [0.5, 0.6) is 0 Å². The number of methoxy groups -OCH3 is 1. The molecule has 2 fully saturated rings. The molecule has 11 nitrogen and oxygen atoms in total. The number of rotatable bonds is 7. The molecular formula is C23H24N2O9S2. The number of carbonyl (C=O) groups is 3. The highest BCUT2D eigenvalue weighted by atomic mass is 32.2. The fourth-order valence-corrected chi connectivity index (χ4v) is 7.58. The Kier molecular flexibility index (Phi) is 7.12. The van der Waals surface area contributed by atoms with Gasteiger partial charge in [-0.3, -0.25) is 9.59 Å². The number of benzene rings is 2. The summed E-state index contributed by atoms with van der Waals surface area (Å²) in [5, 5.41) is 0. The molecule has 0 unspecified atom stereocenters. The Morgan fingerprint density at radius 1 is 0.861 bits per heavy atom. The minimum absolute atomic E-state index is 0.00730. The molecule has 0 amide bonds. The van der Waals surface area contributed by atoms with Crippen LogP contribution < -0.4 is 0 Å². The number of sulfonamides is 2. The maximum Gasteiger partial charge on any atom is 0.337 e. The van der Waals surface area contributed by atoms with E-state index in [1.54, 1.807) is 0 Å². The van der Waals surface area contributed by atoms with Gasteiger partial charge >= 0.3 is 5.97 Å². The number of carbonyl (C=O) groups excluding carboxylic acids is 3. The van der Waals surface area contributed by atoms with Gasteiger partial charge < -0.3 is 9.47 Å². The molecule has 0 atom stereocenters. The molecule has 0 radical (unpaired) electrons. The van der Waals surface area contributed by atoms with Crippen LogP contribution in [0.3, 0.4) is 0 Å². The second-order valence-corrected chi connectivity index (χ2v) is 12.1. The van der Waals surface area contributed by atoms with Crippen LogP contribution in [-0.4, -0.2) is 82.6 Å². The van der Waals surface area contributed by atoms with Gasteiger partial charge in [-0.05, 0) is 48.5 Å². The molecule has 1 spiro atoms. The van der Waals surface area contributed by atoms with E-state index < -0.39 is 37.5 Å². The Hall–Kier alpha value is -2.97. The highest BCUT2D eigenvalue weighted by Crippen LogP contribution is 2.39. The van der Waals surface area contributed by atoms with Gasteiger partial charge in [-0.15, -0.1) is 0 Å². The fourth-order valence-electron chi connectivity index (χ4n) is 4.42. The second-order valence-electron chi connectivity index (χ2n) is 8.30. The minimum Gasteiger partial charge on any atom is -0.465 e. The number of hydrogen-bond acceptors (Lipinski definition) is 9. The van der Waals surface area contributed by atoms with Crippen LogP contribution in [0.2, 0.25) is 0 Å². The third-order valence-electron chi connectivity index (χ3n) is 6.37. The monoisotopic (exact) mass is 536 g/mol. The summed E-state index contributed by atoms with van der Waals surface area (Å²) in [7, 11) is -6.67. The van der Waals surface area contributed by atoms with Crippen LogP contribution in [0.25, 0.3) is 0 Å². The van der Waals surface area contributed by atoms with E-state index in [1.165, 1.54) is 64.3 Å². The molecule has 192 valence electrons. The number of nitrogens with zero attached hydrogens (tertiary/aromatic N) is 2. The summed E-state index contributed by atoms with van der Waals surface area (Å²) in [6, 6.07) is 10.5. The fraction of sp³-hybridized carbons (Fsp3) is 0.348. The van der Waals surface area contributed by atoms with Gasteiger partial charge in [-0.2, -0.15) is 8.61 Å². The lowest BCUT2D eigenvalue weighted by Crippen LogP contribution is -2.55. The van der Waals surface area contributed by atoms with E-state index in [0.717, 1.165) is 0 Å². The molecule has 2 aliphatic rings. The van der Waals surface area contributed by atoms with Crippen molar-refractivity contribution >= 4 is 38.1 Å². The minimum atomic E-state index is -4.02. The van der Waals surface area contributed by atoms with Crippen molar-refractivity contribution in [2.24, 2.45) is 0 Å². The van der Waals surface area contributed by atoms with Crippen molar-refractivity contribution in [1.29, 1.82) is 0 Å². The van der Waals surface area contributed by atoms with Gasteiger partial charge in [0.25, 0.3) is 0 Å². The molecule has 0 aliphatic carbocycles. The lowest BCUT2D eigenvalue weighted by molar-refractivity contribution is -0.104. The summed E-state index contributed by atoms with van der Waals surface area (Å²) < 4.78 is 66.1. The number of piperidine rings is 1. The number of hydrogen-bond donors (Lipinski definition) is 0. The van der Waals surface area contributed by atoms with Gasteiger partial charge in [-0.1, -0.05) is 0 Å². The van der Waals surface area contributed by atoms with E-state index in [9.17, 15) is 31.2 Å². The molecule has 4 rings (SSSR count). The number of ether oxygens (including phenoxy) is 2. The molecule has 13 heteroatoms. The Morgan fingerprint density at radius 2 is 1.39 bits per heavy atom. The predicted molar refractivity (Wildman–Crippen MR) is 125 cm³/mol. The zero-order valence-corrected chi connectivity index (χ0v) is 21.0. The Bertz CT molecular complexity index is 1380. The first-order valence-corrected chi connectivity index (χ1v) is 13.9. The summed E-state index contributed by atoms with van der Waals surface area (Å²) in [5.41, 5.74) is -0.899. The zero-order valence-electron chi connectivity index (χ0n) is 19.3. The lowest BCUT2D eigenvalue weighted by Gasteiger charge is -2.42. The van der Waals surface area contributed by atoms with Crippen molar-refractivity contribution in [3.8, 4) is 0 Å². The second kappa shape index (κ2) is 9.82. The van der Waals surface area contributed by atoms with Gasteiger partial charge in [0.1, 0.15) is 5.72 Å². The number of Topliss-reactive ketones (excluding diaryl/α,β-unsaturated/α-hetero) is 1. The van der Waals surface area contributed by atoms with Gasteiger partial charge in [-0.25, -0.2) is 21.6 Å². The molecule has 2 aromatic carbocycles. The first-order chi connectivity index (χ1) is 17.0. The molecule has 2 aliphatic heterocycles. The predicted octanol–water partition coefficient (Wildman–Crippen LogP) is 1.06. The van der Waals surface area contributed by atoms with E-state index in [0.29, 0.717) is 0 Å². The summed E-state index contributed by atoms with van der Waals surface area (Å²) in [5.74, 6) is -1.34. The molecule has 36 heavy (non-hydrogen) atoms. The Labute approximate surface area is 208 Å². The van der Waals surface area contributed by atoms with Crippen LogP contribution in [0.4, 0.5) is 0 Å². The van der Waals surface area contributed by atoms with Crippen LogP contribution in [0, 0.1) is 0 Å². The third kappa shape index (κ3) is 4.60. The van der Waals surface area contributed by atoms with E-state index in [1.807, 2.05) is 0 Å². The molecule has 2 aromatic rings. The average Bonchev–Trinajstić information content (AvgIpc) is 3.31. The van der Waals surface area contributed by atoms with Gasteiger partial charge in [0, 0.05) is 38.0 Å². The number of ketones is 1. The summed E-state index contributed by atoms with van der Waals surface area (Å²) in [6.45, 7) is 0.307. The number of esters is 1. The average molecular weight is 537 g/mol. The summed E-state index contributed by atoms with van der Waals surface area (Å²) >= 11 is 0. The van der Waals surface area contributed by atoms with Crippen molar-refractivity contribution < 1.29 is 40.7 Å². The van der Waals surface area contributed by atoms with E-state index >= 15 is 0 Å². The molecule has 2 heterocycles. The van der Waals surface area contributed by atoms with Crippen molar-refractivity contribution in [2.75, 3.05) is 33.4 Å². The highest BCUT2D eigenvalue weighted by molar-refractivity contribution is 7.89. The maximum absolute atomic E-state index is 13.4. The topological polar surface area (TPSA) is 144 Å². The van der Waals surface area contributed by atoms with E-state index in [2.05, 4.69) is 4.74 Å². The quantitative estimate of drug-likeness (QED) is 0.219. The maximum atomic E-state index is 13.4. The summed E-state index contributed by atoms with van der Waals surface area (Å²) in [6.07, 6.45) is 0.392. The first kappa shape index (κ1) is 26.1. The van der Waals surface area contributed by atoms with Gasteiger partial charge in [0.2, 0.25) is 25.8 Å². The van der Waals surface area contributed by atoms with Crippen LogP contribution in [0.1, 0.15) is 33.6 Å². The number of aldehydes is 1. The standard InChI is InChI=1S/C23H24N2O9S2/c1-33-22(28)18-4-8-19(9-5-18)35(29,30)24-12-10-23(11-13-24)25(14-15-34-23)36(31,32)20-6-2-17(3-7-20)21(27)16-26/h2-9,16H,10-15H2,1H3. The van der Waals surface area contributed by atoms with Crippen molar-refractivity contribution in [2.45, 2.75) is 28.4 Å². The third-order valence-corrected chi connectivity index (χ3v) is 10.2. The Balaban J connectivity index is 1.51. The Morgan fingerprint density at radius 3 is 1.92 bits per heavy atom. The SMILES string of the molecule is COC(=O)c1ccc(S(=O)(=O)N2CCC3(CC2)OCCN3S(=O)(=O)c2ccc(C(=O)C=O)cc2)cc1. The molecule has 0 saturated carbocycles. The van der Waals surface area contributed by atoms with Gasteiger partial charge in [0.15, 0.2) is 6.29 Å². The largest absolute Gasteiger partial charge is 0.465 e. The smallest absolute Gasteiger partial charge is 0.337 e. The zero-order chi connectivity index (χ0) is 26.1.